The predicted molar refractivity (Wildman–Crippen MR) is 58.9 cm³/mol. The highest BCUT2D eigenvalue weighted by Gasteiger charge is 2.31. The summed E-state index contributed by atoms with van der Waals surface area (Å²) in [6.07, 6.45) is -1.14. The van der Waals surface area contributed by atoms with Crippen molar-refractivity contribution in [2.24, 2.45) is 0 Å². The van der Waals surface area contributed by atoms with Crippen LogP contribution < -0.4 is 5.43 Å². The number of nitrogens with zero attached hydrogens (tertiary/aromatic N) is 1. The van der Waals surface area contributed by atoms with Crippen LogP contribution >= 0.6 is 0 Å². The number of benzene rings is 1. The second kappa shape index (κ2) is 4.72. The average Bonchev–Trinajstić information content (AvgIpc) is 2.77. The van der Waals surface area contributed by atoms with Crippen LogP contribution in [0.4, 0.5) is 17.6 Å². The lowest BCUT2D eigenvalue weighted by molar-refractivity contribution is -0.137. The van der Waals surface area contributed by atoms with Gasteiger partial charge in [-0.05, 0) is 35.9 Å². The Morgan fingerprint density at radius 3 is 2.33 bits per heavy atom. The van der Waals surface area contributed by atoms with Gasteiger partial charge in [-0.25, -0.2) is 4.39 Å². The van der Waals surface area contributed by atoms with Crippen LogP contribution in [0.5, 0.6) is 0 Å². The highest BCUT2D eigenvalue weighted by molar-refractivity contribution is 5.27. The van der Waals surface area contributed by atoms with Crippen LogP contribution in [0.2, 0.25) is 0 Å². The van der Waals surface area contributed by atoms with E-state index in [1.54, 1.807) is 29.2 Å². The Labute approximate surface area is 101 Å². The molecule has 0 aliphatic carbocycles. The van der Waals surface area contributed by atoms with Crippen molar-refractivity contribution >= 4 is 0 Å². The third-order valence-corrected chi connectivity index (χ3v) is 2.36. The molecule has 1 heterocycles. The summed E-state index contributed by atoms with van der Waals surface area (Å²) in [4.78, 5) is 0. The van der Waals surface area contributed by atoms with E-state index in [4.69, 9.17) is 0 Å². The fourth-order valence-corrected chi connectivity index (χ4v) is 1.54. The molecule has 0 bridgehead atoms. The zero-order chi connectivity index (χ0) is 13.2. The van der Waals surface area contributed by atoms with Gasteiger partial charge in [-0.2, -0.15) is 13.2 Å². The number of aromatic nitrogens is 1. The molecule has 0 unspecified atom stereocenters. The normalized spacial score (nSPS) is 11.6. The lowest BCUT2D eigenvalue weighted by atomic mass is 10.1. The Morgan fingerprint density at radius 1 is 1.06 bits per heavy atom. The van der Waals surface area contributed by atoms with Gasteiger partial charge in [-0.15, -0.1) is 0 Å². The lowest BCUT2D eigenvalue weighted by Gasteiger charge is -2.11. The molecular formula is C12H10F4N2. The summed E-state index contributed by atoms with van der Waals surface area (Å²) in [6.45, 7) is 0.107. The van der Waals surface area contributed by atoms with Crippen LogP contribution in [-0.2, 0) is 12.7 Å². The highest BCUT2D eigenvalue weighted by Crippen LogP contribution is 2.30. The van der Waals surface area contributed by atoms with Gasteiger partial charge in [0.05, 0.1) is 12.1 Å². The molecule has 2 nitrogen and oxygen atoms in total. The number of halogens is 4. The van der Waals surface area contributed by atoms with E-state index in [1.807, 2.05) is 0 Å². The Kier molecular flexibility index (Phi) is 3.27. The first-order valence-corrected chi connectivity index (χ1v) is 5.19. The van der Waals surface area contributed by atoms with Gasteiger partial charge < -0.3 is 5.43 Å². The summed E-state index contributed by atoms with van der Waals surface area (Å²) in [5.41, 5.74) is 2.08. The minimum atomic E-state index is -4.54. The van der Waals surface area contributed by atoms with E-state index in [9.17, 15) is 17.6 Å². The van der Waals surface area contributed by atoms with Crippen molar-refractivity contribution in [1.29, 1.82) is 0 Å². The minimum absolute atomic E-state index is 0.107. The summed E-state index contributed by atoms with van der Waals surface area (Å²) in [5.74, 6) is -0.894. The highest BCUT2D eigenvalue weighted by atomic mass is 19.4. The molecular weight excluding hydrogens is 248 g/mol. The summed E-state index contributed by atoms with van der Waals surface area (Å²) in [5, 5.41) is 0. The first-order valence-electron chi connectivity index (χ1n) is 5.19. The molecule has 18 heavy (non-hydrogen) atoms. The van der Waals surface area contributed by atoms with Crippen LogP contribution in [0.15, 0.2) is 42.7 Å². The van der Waals surface area contributed by atoms with Crippen molar-refractivity contribution in [3.8, 4) is 0 Å². The van der Waals surface area contributed by atoms with E-state index in [1.165, 1.54) is 0 Å². The summed E-state index contributed by atoms with van der Waals surface area (Å²) < 4.78 is 52.1. The summed E-state index contributed by atoms with van der Waals surface area (Å²) in [7, 11) is 0. The number of rotatable bonds is 3. The first-order chi connectivity index (χ1) is 8.45. The third kappa shape index (κ3) is 3.03. The molecule has 96 valence electrons. The topological polar surface area (TPSA) is 17.0 Å². The van der Waals surface area contributed by atoms with Crippen molar-refractivity contribution in [3.05, 3.63) is 59.7 Å². The Balaban J connectivity index is 2.15. The first kappa shape index (κ1) is 12.5. The summed E-state index contributed by atoms with van der Waals surface area (Å²) >= 11 is 0. The van der Waals surface area contributed by atoms with Gasteiger partial charge in [0.15, 0.2) is 0 Å². The largest absolute Gasteiger partial charge is 0.416 e. The number of hydrogen-bond donors (Lipinski definition) is 1. The number of hydrogen-bond acceptors (Lipinski definition) is 1. The molecule has 0 spiro atoms. The fourth-order valence-electron chi connectivity index (χ4n) is 1.54. The van der Waals surface area contributed by atoms with Crippen LogP contribution in [0.1, 0.15) is 11.1 Å². The van der Waals surface area contributed by atoms with E-state index < -0.39 is 17.6 Å². The zero-order valence-electron chi connectivity index (χ0n) is 9.21. The SMILES string of the molecule is Fc1cc(CNn2cccc2)cc(C(F)(F)F)c1. The smallest absolute Gasteiger partial charge is 0.322 e. The summed E-state index contributed by atoms with van der Waals surface area (Å²) in [6, 6.07) is 6.02. The van der Waals surface area contributed by atoms with Gasteiger partial charge in [-0.3, -0.25) is 4.68 Å². The van der Waals surface area contributed by atoms with E-state index in [0.29, 0.717) is 6.07 Å². The second-order valence-electron chi connectivity index (χ2n) is 3.77. The minimum Gasteiger partial charge on any atom is -0.322 e. The van der Waals surface area contributed by atoms with Gasteiger partial charge in [0.25, 0.3) is 0 Å². The standard InChI is InChI=1S/C12H10F4N2/c13-11-6-9(5-10(7-11)12(14,15)16)8-17-18-3-1-2-4-18/h1-7,17H,8H2. The van der Waals surface area contributed by atoms with Crippen LogP contribution in [0.25, 0.3) is 0 Å². The van der Waals surface area contributed by atoms with Gasteiger partial charge >= 0.3 is 6.18 Å². The number of nitrogens with one attached hydrogen (secondary N) is 1. The van der Waals surface area contributed by atoms with Crippen molar-refractivity contribution in [2.45, 2.75) is 12.7 Å². The number of alkyl halides is 3. The van der Waals surface area contributed by atoms with E-state index in [-0.39, 0.29) is 12.1 Å². The van der Waals surface area contributed by atoms with Gasteiger partial charge in [0.2, 0.25) is 0 Å². The molecule has 0 radical (unpaired) electrons. The van der Waals surface area contributed by atoms with Crippen LogP contribution in [-0.4, -0.2) is 4.68 Å². The molecule has 1 aromatic carbocycles. The maximum atomic E-state index is 13.1. The van der Waals surface area contributed by atoms with Gasteiger partial charge in [-0.1, -0.05) is 0 Å². The fraction of sp³-hybridized carbons (Fsp3) is 0.167. The molecule has 0 saturated carbocycles. The van der Waals surface area contributed by atoms with Gasteiger partial charge in [0.1, 0.15) is 5.82 Å². The Bertz CT molecular complexity index is 517. The van der Waals surface area contributed by atoms with E-state index in [0.717, 1.165) is 12.1 Å². The molecule has 2 rings (SSSR count). The van der Waals surface area contributed by atoms with Crippen molar-refractivity contribution in [2.75, 3.05) is 5.43 Å². The van der Waals surface area contributed by atoms with Crippen LogP contribution in [0.3, 0.4) is 0 Å². The molecule has 0 atom stereocenters. The van der Waals surface area contributed by atoms with Gasteiger partial charge in [0, 0.05) is 12.4 Å². The maximum Gasteiger partial charge on any atom is 0.416 e. The zero-order valence-corrected chi connectivity index (χ0v) is 9.21. The molecule has 2 aromatic rings. The molecule has 0 amide bonds. The Morgan fingerprint density at radius 2 is 1.72 bits per heavy atom. The molecule has 1 N–H and O–H groups in total. The average molecular weight is 258 g/mol. The maximum absolute atomic E-state index is 13.1. The van der Waals surface area contributed by atoms with E-state index >= 15 is 0 Å². The van der Waals surface area contributed by atoms with Crippen molar-refractivity contribution in [1.82, 2.24) is 4.68 Å². The molecule has 6 heteroatoms. The molecule has 1 aromatic heterocycles. The predicted octanol–water partition coefficient (Wildman–Crippen LogP) is 3.39. The molecule has 0 aliphatic rings. The van der Waals surface area contributed by atoms with Crippen LogP contribution in [0, 0.1) is 5.82 Å². The monoisotopic (exact) mass is 258 g/mol. The lowest BCUT2D eigenvalue weighted by Crippen LogP contribution is -2.13. The second-order valence-corrected chi connectivity index (χ2v) is 3.77. The quantitative estimate of drug-likeness (QED) is 0.835. The van der Waals surface area contributed by atoms with Crippen molar-refractivity contribution in [3.63, 3.8) is 0 Å². The molecule has 0 saturated heterocycles. The van der Waals surface area contributed by atoms with Crippen molar-refractivity contribution < 1.29 is 17.6 Å². The Hall–Kier alpha value is -1.98. The third-order valence-electron chi connectivity index (χ3n) is 2.36. The van der Waals surface area contributed by atoms with E-state index in [2.05, 4.69) is 5.43 Å². The molecule has 0 fully saturated rings. The molecule has 0 aliphatic heterocycles.